The number of benzene rings is 1. The Morgan fingerprint density at radius 2 is 1.76 bits per heavy atom. The van der Waals surface area contributed by atoms with Crippen LogP contribution in [0.15, 0.2) is 29.3 Å². The zero-order valence-corrected chi connectivity index (χ0v) is 19.7. The first-order chi connectivity index (χ1) is 15.8. The van der Waals surface area contributed by atoms with Crippen LogP contribution < -0.4 is 5.73 Å². The summed E-state index contributed by atoms with van der Waals surface area (Å²) in [5.41, 5.74) is 9.45. The van der Waals surface area contributed by atoms with Crippen LogP contribution in [0.4, 0.5) is 13.2 Å². The number of carboxylic acids is 1. The Labute approximate surface area is 200 Å². The van der Waals surface area contributed by atoms with Gasteiger partial charge in [-0.1, -0.05) is 23.7 Å². The molecular formula is C21H19ClF3N5O3S. The molecule has 8 nitrogen and oxygen atoms in total. The van der Waals surface area contributed by atoms with Crippen molar-refractivity contribution < 1.29 is 27.9 Å². The number of carbonyl (C=O) groups is 2. The van der Waals surface area contributed by atoms with Crippen molar-refractivity contribution in [2.45, 2.75) is 39.4 Å². The number of rotatable bonds is 3. The lowest BCUT2D eigenvalue weighted by molar-refractivity contribution is -0.192. The summed E-state index contributed by atoms with van der Waals surface area (Å²) in [6.45, 7) is 6.08. The normalized spacial score (nSPS) is 14.8. The van der Waals surface area contributed by atoms with Crippen molar-refractivity contribution in [3.8, 4) is 5.00 Å². The fourth-order valence-electron chi connectivity index (χ4n) is 3.32. The highest BCUT2D eigenvalue weighted by molar-refractivity contribution is 7.15. The van der Waals surface area contributed by atoms with Gasteiger partial charge in [-0.3, -0.25) is 14.4 Å². The van der Waals surface area contributed by atoms with E-state index in [0.29, 0.717) is 10.8 Å². The molecule has 34 heavy (non-hydrogen) atoms. The Morgan fingerprint density at radius 1 is 1.18 bits per heavy atom. The van der Waals surface area contributed by atoms with E-state index in [4.69, 9.17) is 32.2 Å². The number of aryl methyl sites for hydroxylation is 2. The summed E-state index contributed by atoms with van der Waals surface area (Å²) in [7, 11) is 0. The second-order valence-electron chi connectivity index (χ2n) is 7.38. The second-order valence-corrected chi connectivity index (χ2v) is 9.02. The molecule has 4 rings (SSSR count). The molecule has 0 radical (unpaired) electrons. The van der Waals surface area contributed by atoms with Crippen molar-refractivity contribution in [2.75, 3.05) is 0 Å². The van der Waals surface area contributed by atoms with Gasteiger partial charge in [0.25, 0.3) is 0 Å². The fourth-order valence-corrected chi connectivity index (χ4v) is 4.66. The minimum Gasteiger partial charge on any atom is -0.475 e. The number of fused-ring (bicyclic) bond motifs is 3. The SMILES string of the molecule is Cc1sc2c(c1C)C(c1ccc(Cl)cc1)=N[C@@H](CC(N)=O)c1nnc(C)n1-2.O=C(O)C(F)(F)F. The number of halogens is 4. The summed E-state index contributed by atoms with van der Waals surface area (Å²) < 4.78 is 33.7. The lowest BCUT2D eigenvalue weighted by Crippen LogP contribution is -2.21. The van der Waals surface area contributed by atoms with E-state index in [0.717, 1.165) is 33.2 Å². The third kappa shape index (κ3) is 5.12. The molecule has 0 saturated carbocycles. The van der Waals surface area contributed by atoms with E-state index in [9.17, 15) is 18.0 Å². The average molecular weight is 514 g/mol. The average Bonchev–Trinajstić information content (AvgIpc) is 3.21. The van der Waals surface area contributed by atoms with E-state index in [1.165, 1.54) is 4.88 Å². The molecule has 0 saturated heterocycles. The number of hydrogen-bond acceptors (Lipinski definition) is 6. The van der Waals surface area contributed by atoms with Crippen molar-refractivity contribution in [3.05, 3.63) is 62.5 Å². The van der Waals surface area contributed by atoms with Crippen molar-refractivity contribution in [2.24, 2.45) is 10.7 Å². The van der Waals surface area contributed by atoms with Gasteiger partial charge in [0.2, 0.25) is 5.91 Å². The van der Waals surface area contributed by atoms with Gasteiger partial charge >= 0.3 is 12.1 Å². The topological polar surface area (TPSA) is 123 Å². The minimum atomic E-state index is -5.08. The number of aliphatic imine (C=N–C) groups is 1. The van der Waals surface area contributed by atoms with Crippen molar-refractivity contribution in [1.82, 2.24) is 14.8 Å². The van der Waals surface area contributed by atoms with E-state index >= 15 is 0 Å². The van der Waals surface area contributed by atoms with Crippen LogP contribution in [-0.2, 0) is 9.59 Å². The number of aromatic nitrogens is 3. The van der Waals surface area contributed by atoms with E-state index in [2.05, 4.69) is 24.0 Å². The summed E-state index contributed by atoms with van der Waals surface area (Å²) in [5.74, 6) is -1.79. The molecule has 1 atom stereocenters. The van der Waals surface area contributed by atoms with Crippen LogP contribution in [0.3, 0.4) is 0 Å². The van der Waals surface area contributed by atoms with Gasteiger partial charge in [-0.05, 0) is 38.5 Å². The lowest BCUT2D eigenvalue weighted by Gasteiger charge is -2.11. The highest BCUT2D eigenvalue weighted by Gasteiger charge is 2.38. The van der Waals surface area contributed by atoms with Gasteiger partial charge in [-0.2, -0.15) is 13.2 Å². The van der Waals surface area contributed by atoms with Crippen molar-refractivity contribution >= 4 is 40.5 Å². The Kier molecular flexibility index (Phi) is 7.13. The smallest absolute Gasteiger partial charge is 0.475 e. The minimum absolute atomic E-state index is 0.0716. The second kappa shape index (κ2) is 9.55. The van der Waals surface area contributed by atoms with Crippen molar-refractivity contribution in [3.63, 3.8) is 0 Å². The highest BCUT2D eigenvalue weighted by Crippen LogP contribution is 2.39. The van der Waals surface area contributed by atoms with Crippen LogP contribution in [0.1, 0.15) is 45.7 Å². The monoisotopic (exact) mass is 513 g/mol. The van der Waals surface area contributed by atoms with E-state index in [1.54, 1.807) is 11.3 Å². The molecule has 0 unspecified atom stereocenters. The molecule has 0 bridgehead atoms. The molecule has 3 heterocycles. The van der Waals surface area contributed by atoms with Crippen LogP contribution in [0.2, 0.25) is 5.02 Å². The lowest BCUT2D eigenvalue weighted by atomic mass is 9.99. The number of amides is 1. The number of nitrogens with zero attached hydrogens (tertiary/aromatic N) is 4. The van der Waals surface area contributed by atoms with E-state index in [-0.39, 0.29) is 6.42 Å². The van der Waals surface area contributed by atoms with Crippen LogP contribution in [0.25, 0.3) is 5.00 Å². The van der Waals surface area contributed by atoms with Crippen LogP contribution in [0, 0.1) is 20.8 Å². The Bertz CT molecular complexity index is 1280. The Balaban J connectivity index is 0.000000406. The quantitative estimate of drug-likeness (QED) is 0.540. The molecule has 3 aromatic rings. The zero-order chi connectivity index (χ0) is 25.4. The predicted molar refractivity (Wildman–Crippen MR) is 121 cm³/mol. The molecule has 1 aromatic carbocycles. The summed E-state index contributed by atoms with van der Waals surface area (Å²) in [4.78, 5) is 26.7. The molecule has 0 fully saturated rings. The summed E-state index contributed by atoms with van der Waals surface area (Å²) in [5, 5.41) is 17.3. The maximum Gasteiger partial charge on any atom is 0.490 e. The highest BCUT2D eigenvalue weighted by atomic mass is 35.5. The molecule has 1 amide bonds. The molecule has 2 aromatic heterocycles. The van der Waals surface area contributed by atoms with E-state index in [1.807, 2.05) is 35.8 Å². The third-order valence-electron chi connectivity index (χ3n) is 4.99. The largest absolute Gasteiger partial charge is 0.490 e. The Morgan fingerprint density at radius 3 is 2.29 bits per heavy atom. The number of primary amides is 1. The molecule has 3 N–H and O–H groups in total. The van der Waals surface area contributed by atoms with Gasteiger partial charge < -0.3 is 10.8 Å². The summed E-state index contributed by atoms with van der Waals surface area (Å²) >= 11 is 7.74. The van der Waals surface area contributed by atoms with Gasteiger partial charge in [-0.25, -0.2) is 4.79 Å². The van der Waals surface area contributed by atoms with E-state index < -0.39 is 24.1 Å². The summed E-state index contributed by atoms with van der Waals surface area (Å²) in [6.07, 6.45) is -5.01. The zero-order valence-electron chi connectivity index (χ0n) is 18.1. The third-order valence-corrected chi connectivity index (χ3v) is 6.44. The van der Waals surface area contributed by atoms with Crippen LogP contribution >= 0.6 is 22.9 Å². The fraction of sp³-hybridized carbons (Fsp3) is 0.286. The standard InChI is InChI=1S/C19H18ClN5OS.C2HF3O2/c1-9-10(2)27-19-16(9)17(12-4-6-13(20)7-5-12)22-14(8-15(21)26)18-24-23-11(3)25(18)19;3-2(4,5)1(6)7/h4-7,14H,8H2,1-3H3,(H2,21,26);(H,6,7)/t14-;/m0./s1. The molecular weight excluding hydrogens is 495 g/mol. The first-order valence-corrected chi connectivity index (χ1v) is 11.0. The molecule has 0 spiro atoms. The number of hydrogen-bond donors (Lipinski definition) is 2. The van der Waals surface area contributed by atoms with Gasteiger partial charge in [-0.15, -0.1) is 21.5 Å². The van der Waals surface area contributed by atoms with Crippen LogP contribution in [0.5, 0.6) is 0 Å². The van der Waals surface area contributed by atoms with Gasteiger partial charge in [0, 0.05) is 21.0 Å². The number of nitrogens with two attached hydrogens (primary N) is 1. The van der Waals surface area contributed by atoms with Crippen LogP contribution in [-0.4, -0.2) is 43.6 Å². The molecule has 0 aliphatic carbocycles. The molecule has 13 heteroatoms. The molecule has 1 aliphatic rings. The maximum atomic E-state index is 11.7. The molecule has 180 valence electrons. The molecule has 1 aliphatic heterocycles. The first kappa shape index (κ1) is 25.4. The number of aliphatic carboxylic acids is 1. The Hall–Kier alpha value is -3.25. The predicted octanol–water partition coefficient (Wildman–Crippen LogP) is 4.31. The van der Waals surface area contributed by atoms with Gasteiger partial charge in [0.1, 0.15) is 16.9 Å². The number of carbonyl (C=O) groups excluding carboxylic acids is 1. The summed E-state index contributed by atoms with van der Waals surface area (Å²) in [6, 6.07) is 7.07. The van der Waals surface area contributed by atoms with Gasteiger partial charge in [0.15, 0.2) is 5.82 Å². The first-order valence-electron chi connectivity index (χ1n) is 9.76. The number of thiophene rings is 1. The van der Waals surface area contributed by atoms with Gasteiger partial charge in [0.05, 0.1) is 12.1 Å². The van der Waals surface area contributed by atoms with Crippen molar-refractivity contribution in [1.29, 1.82) is 0 Å². The number of carboxylic acid groups (broad SMARTS) is 1. The number of alkyl halides is 3. The maximum absolute atomic E-state index is 11.7.